The molecule has 0 N–H and O–H groups in total. The number of oxazole rings is 1. The first-order valence-electron chi connectivity index (χ1n) is 5.30. The number of hydrogen-bond acceptors (Lipinski definition) is 2. The van der Waals surface area contributed by atoms with Gasteiger partial charge in [-0.05, 0) is 13.8 Å². The van der Waals surface area contributed by atoms with Crippen molar-refractivity contribution in [1.29, 1.82) is 0 Å². The molecule has 0 aliphatic heterocycles. The molecule has 84 valence electrons. The fourth-order valence-corrected chi connectivity index (χ4v) is 1.77. The van der Waals surface area contributed by atoms with Gasteiger partial charge in [0.1, 0.15) is 0 Å². The second-order valence-corrected chi connectivity index (χ2v) is 4.21. The Bertz CT molecular complexity index is 473. The van der Waals surface area contributed by atoms with Crippen LogP contribution < -0.4 is 0 Å². The van der Waals surface area contributed by atoms with Gasteiger partial charge in [0.05, 0.1) is 5.69 Å². The van der Waals surface area contributed by atoms with Gasteiger partial charge in [-0.15, -0.1) is 11.6 Å². The zero-order valence-corrected chi connectivity index (χ0v) is 10.2. The summed E-state index contributed by atoms with van der Waals surface area (Å²) < 4.78 is 5.69. The Hall–Kier alpha value is -1.28. The van der Waals surface area contributed by atoms with E-state index in [1.165, 1.54) is 5.56 Å². The van der Waals surface area contributed by atoms with E-state index in [1.807, 2.05) is 19.1 Å². The zero-order chi connectivity index (χ0) is 11.5. The molecule has 0 saturated heterocycles. The van der Waals surface area contributed by atoms with E-state index in [4.69, 9.17) is 16.0 Å². The third-order valence-corrected chi connectivity index (χ3v) is 2.65. The summed E-state index contributed by atoms with van der Waals surface area (Å²) in [7, 11) is 0. The smallest absolute Gasteiger partial charge is 0.196 e. The Morgan fingerprint density at radius 2 is 1.88 bits per heavy atom. The molecule has 0 fully saturated rings. The lowest BCUT2D eigenvalue weighted by atomic mass is 10.1. The Kier molecular flexibility index (Phi) is 3.30. The van der Waals surface area contributed by atoms with Crippen molar-refractivity contribution >= 4 is 11.6 Å². The van der Waals surface area contributed by atoms with Crippen molar-refractivity contribution in [3.8, 4) is 11.3 Å². The predicted molar refractivity (Wildman–Crippen MR) is 65.8 cm³/mol. The molecule has 0 aliphatic carbocycles. The average molecular weight is 236 g/mol. The van der Waals surface area contributed by atoms with Gasteiger partial charge in [0.15, 0.2) is 11.7 Å². The first kappa shape index (κ1) is 11.2. The maximum Gasteiger partial charge on any atom is 0.196 e. The molecule has 0 radical (unpaired) electrons. The standard InChI is InChI=1S/C13H14ClNO/c1-9-3-5-11(6-4-9)13-10(2)15-12(16-13)7-8-14/h3-6H,7-8H2,1-2H3. The third kappa shape index (κ3) is 2.27. The normalized spacial score (nSPS) is 10.7. The van der Waals surface area contributed by atoms with Crippen LogP contribution >= 0.6 is 11.6 Å². The van der Waals surface area contributed by atoms with Gasteiger partial charge >= 0.3 is 0 Å². The molecule has 1 aromatic carbocycles. The van der Waals surface area contributed by atoms with Crippen LogP contribution in [0.4, 0.5) is 0 Å². The zero-order valence-electron chi connectivity index (χ0n) is 9.46. The van der Waals surface area contributed by atoms with Crippen molar-refractivity contribution < 1.29 is 4.42 Å². The summed E-state index contributed by atoms with van der Waals surface area (Å²) in [5, 5.41) is 0. The number of nitrogens with zero attached hydrogens (tertiary/aromatic N) is 1. The monoisotopic (exact) mass is 235 g/mol. The summed E-state index contributed by atoms with van der Waals surface area (Å²) in [6.07, 6.45) is 0.675. The van der Waals surface area contributed by atoms with Crippen LogP contribution in [0.5, 0.6) is 0 Å². The quantitative estimate of drug-likeness (QED) is 0.758. The van der Waals surface area contributed by atoms with Crippen molar-refractivity contribution in [3.05, 3.63) is 41.4 Å². The van der Waals surface area contributed by atoms with Crippen molar-refractivity contribution in [1.82, 2.24) is 4.98 Å². The van der Waals surface area contributed by atoms with Crippen LogP contribution in [-0.4, -0.2) is 10.9 Å². The number of halogens is 1. The number of alkyl halides is 1. The second kappa shape index (κ2) is 4.71. The van der Waals surface area contributed by atoms with E-state index in [0.29, 0.717) is 18.2 Å². The van der Waals surface area contributed by atoms with Gasteiger partial charge in [0.2, 0.25) is 0 Å². The molecule has 2 nitrogen and oxygen atoms in total. The van der Waals surface area contributed by atoms with Gasteiger partial charge in [-0.2, -0.15) is 0 Å². The minimum absolute atomic E-state index is 0.535. The molecule has 16 heavy (non-hydrogen) atoms. The molecule has 0 spiro atoms. The van der Waals surface area contributed by atoms with Crippen LogP contribution in [-0.2, 0) is 6.42 Å². The molecule has 0 saturated carbocycles. The Morgan fingerprint density at radius 1 is 1.19 bits per heavy atom. The summed E-state index contributed by atoms with van der Waals surface area (Å²) in [6.45, 7) is 4.02. The van der Waals surface area contributed by atoms with Crippen molar-refractivity contribution in [3.63, 3.8) is 0 Å². The fourth-order valence-electron chi connectivity index (χ4n) is 1.61. The molecule has 0 aliphatic rings. The lowest BCUT2D eigenvalue weighted by molar-refractivity contribution is 0.514. The lowest BCUT2D eigenvalue weighted by Crippen LogP contribution is -1.84. The molecule has 0 bridgehead atoms. The van der Waals surface area contributed by atoms with E-state index in [2.05, 4.69) is 24.0 Å². The largest absolute Gasteiger partial charge is 0.440 e. The predicted octanol–water partition coefficient (Wildman–Crippen LogP) is 3.74. The number of aryl methyl sites for hydroxylation is 3. The van der Waals surface area contributed by atoms with Gasteiger partial charge in [0, 0.05) is 17.9 Å². The summed E-state index contributed by atoms with van der Waals surface area (Å²) in [5.41, 5.74) is 3.22. The van der Waals surface area contributed by atoms with Crippen LogP contribution in [0.2, 0.25) is 0 Å². The fraction of sp³-hybridized carbons (Fsp3) is 0.308. The SMILES string of the molecule is Cc1ccc(-c2oc(CCCl)nc2C)cc1. The highest BCUT2D eigenvalue weighted by molar-refractivity contribution is 6.17. The van der Waals surface area contributed by atoms with Crippen LogP contribution in [0.15, 0.2) is 28.7 Å². The minimum Gasteiger partial charge on any atom is -0.440 e. The molecule has 1 heterocycles. The van der Waals surface area contributed by atoms with Crippen molar-refractivity contribution in [2.45, 2.75) is 20.3 Å². The van der Waals surface area contributed by atoms with Gasteiger partial charge in [0.25, 0.3) is 0 Å². The van der Waals surface area contributed by atoms with E-state index in [0.717, 1.165) is 17.0 Å². The molecule has 3 heteroatoms. The topological polar surface area (TPSA) is 26.0 Å². The molecular formula is C13H14ClNO. The molecule has 0 unspecified atom stereocenters. The molecule has 2 rings (SSSR count). The van der Waals surface area contributed by atoms with E-state index >= 15 is 0 Å². The van der Waals surface area contributed by atoms with Gasteiger partial charge < -0.3 is 4.42 Å². The number of aromatic nitrogens is 1. The van der Waals surface area contributed by atoms with Crippen molar-refractivity contribution in [2.24, 2.45) is 0 Å². The maximum absolute atomic E-state index is 5.69. The summed E-state index contributed by atoms with van der Waals surface area (Å²) in [6, 6.07) is 8.23. The molecule has 1 aromatic heterocycles. The minimum atomic E-state index is 0.535. The number of benzene rings is 1. The highest BCUT2D eigenvalue weighted by atomic mass is 35.5. The maximum atomic E-state index is 5.69. The van der Waals surface area contributed by atoms with E-state index in [9.17, 15) is 0 Å². The van der Waals surface area contributed by atoms with Crippen LogP contribution in [0.3, 0.4) is 0 Å². The van der Waals surface area contributed by atoms with E-state index < -0.39 is 0 Å². The van der Waals surface area contributed by atoms with Gasteiger partial charge in [-0.3, -0.25) is 0 Å². The van der Waals surface area contributed by atoms with Gasteiger partial charge in [-0.25, -0.2) is 4.98 Å². The lowest BCUT2D eigenvalue weighted by Gasteiger charge is -1.98. The first-order chi connectivity index (χ1) is 7.70. The summed E-state index contributed by atoms with van der Waals surface area (Å²) >= 11 is 5.66. The summed E-state index contributed by atoms with van der Waals surface area (Å²) in [4.78, 5) is 4.35. The average Bonchev–Trinajstić information content (AvgIpc) is 2.61. The van der Waals surface area contributed by atoms with E-state index in [-0.39, 0.29) is 0 Å². The molecule has 2 aromatic rings. The van der Waals surface area contributed by atoms with Gasteiger partial charge in [-0.1, -0.05) is 29.8 Å². The third-order valence-electron chi connectivity index (χ3n) is 2.46. The van der Waals surface area contributed by atoms with E-state index in [1.54, 1.807) is 0 Å². The second-order valence-electron chi connectivity index (χ2n) is 3.83. The highest BCUT2D eigenvalue weighted by Crippen LogP contribution is 2.24. The summed E-state index contributed by atoms with van der Waals surface area (Å²) in [5.74, 6) is 2.09. The van der Waals surface area contributed by atoms with Crippen LogP contribution in [0.1, 0.15) is 17.1 Å². The molecular weight excluding hydrogens is 222 g/mol. The Labute approximate surface area is 100 Å². The first-order valence-corrected chi connectivity index (χ1v) is 5.83. The van der Waals surface area contributed by atoms with Crippen molar-refractivity contribution in [2.75, 3.05) is 5.88 Å². The molecule has 0 atom stereocenters. The highest BCUT2D eigenvalue weighted by Gasteiger charge is 2.10. The Morgan fingerprint density at radius 3 is 2.50 bits per heavy atom. The number of hydrogen-bond donors (Lipinski definition) is 0. The Balaban J connectivity index is 2.36. The van der Waals surface area contributed by atoms with Crippen LogP contribution in [0.25, 0.3) is 11.3 Å². The molecule has 0 amide bonds. The number of rotatable bonds is 3. The van der Waals surface area contributed by atoms with Crippen LogP contribution in [0, 0.1) is 13.8 Å².